The number of nitrogens with zero attached hydrogens (tertiary/aromatic N) is 2. The fraction of sp³-hybridized carbons (Fsp3) is 0.500. The van der Waals surface area contributed by atoms with Gasteiger partial charge in [-0.25, -0.2) is 4.98 Å². The molecule has 1 fully saturated rings. The van der Waals surface area contributed by atoms with Crippen molar-refractivity contribution < 1.29 is 9.47 Å². The lowest BCUT2D eigenvalue weighted by Gasteiger charge is -2.26. The van der Waals surface area contributed by atoms with E-state index >= 15 is 0 Å². The van der Waals surface area contributed by atoms with Gasteiger partial charge in [0.1, 0.15) is 6.10 Å². The molecule has 0 amide bonds. The molecule has 0 saturated carbocycles. The van der Waals surface area contributed by atoms with Crippen LogP contribution >= 0.6 is 15.9 Å². The van der Waals surface area contributed by atoms with E-state index in [1.807, 2.05) is 0 Å². The van der Waals surface area contributed by atoms with Crippen molar-refractivity contribution in [1.82, 2.24) is 15.3 Å². The van der Waals surface area contributed by atoms with E-state index in [2.05, 4.69) is 31.2 Å². The van der Waals surface area contributed by atoms with Gasteiger partial charge in [-0.15, -0.1) is 0 Å². The molecule has 2 heterocycles. The molecule has 0 atom stereocenters. The number of ether oxygens (including phenoxy) is 2. The summed E-state index contributed by atoms with van der Waals surface area (Å²) in [6.07, 6.45) is 1.80. The summed E-state index contributed by atoms with van der Waals surface area (Å²) in [7, 11) is 1.56. The number of halogens is 1. The van der Waals surface area contributed by atoms with Crippen LogP contribution in [0.1, 0.15) is 0 Å². The summed E-state index contributed by atoms with van der Waals surface area (Å²) in [6, 6.07) is 0.358. The van der Waals surface area contributed by atoms with E-state index in [0.29, 0.717) is 11.9 Å². The topological polar surface area (TPSA) is 56.3 Å². The van der Waals surface area contributed by atoms with E-state index < -0.39 is 0 Å². The van der Waals surface area contributed by atoms with Crippen molar-refractivity contribution in [2.45, 2.75) is 6.10 Å². The first-order valence-electron chi connectivity index (χ1n) is 4.23. The molecule has 1 aliphatic rings. The Labute approximate surface area is 90.0 Å². The number of rotatable bonds is 3. The Morgan fingerprint density at radius 2 is 2.36 bits per heavy atom. The van der Waals surface area contributed by atoms with Crippen LogP contribution in [0.25, 0.3) is 0 Å². The van der Waals surface area contributed by atoms with Gasteiger partial charge in [0, 0.05) is 13.1 Å². The summed E-state index contributed by atoms with van der Waals surface area (Å²) in [6.45, 7) is 1.70. The fourth-order valence-electron chi connectivity index (χ4n) is 1.03. The van der Waals surface area contributed by atoms with Crippen LogP contribution in [0.5, 0.6) is 11.9 Å². The Kier molecular flexibility index (Phi) is 2.83. The van der Waals surface area contributed by atoms with E-state index in [1.54, 1.807) is 13.3 Å². The van der Waals surface area contributed by atoms with Crippen LogP contribution in [-0.2, 0) is 0 Å². The van der Waals surface area contributed by atoms with Crippen molar-refractivity contribution in [3.05, 3.63) is 10.7 Å². The monoisotopic (exact) mass is 259 g/mol. The lowest BCUT2D eigenvalue weighted by molar-refractivity contribution is 0.128. The summed E-state index contributed by atoms with van der Waals surface area (Å²) in [5, 5.41) is 3.10. The van der Waals surface area contributed by atoms with Crippen molar-refractivity contribution in [1.29, 1.82) is 0 Å². The highest BCUT2D eigenvalue weighted by Crippen LogP contribution is 2.23. The second kappa shape index (κ2) is 4.10. The maximum absolute atomic E-state index is 5.46. The minimum atomic E-state index is 0.181. The Hall–Kier alpha value is -0.880. The predicted octanol–water partition coefficient (Wildman–Crippen LogP) is 0.598. The SMILES string of the molecule is COc1nc(OC2CNC2)ncc1Br. The highest BCUT2D eigenvalue weighted by molar-refractivity contribution is 9.10. The molecule has 14 heavy (non-hydrogen) atoms. The van der Waals surface area contributed by atoms with Crippen LogP contribution in [0.4, 0.5) is 0 Å². The van der Waals surface area contributed by atoms with Crippen LogP contribution < -0.4 is 14.8 Å². The number of hydrogen-bond acceptors (Lipinski definition) is 5. The van der Waals surface area contributed by atoms with Crippen LogP contribution in [0.2, 0.25) is 0 Å². The molecule has 0 unspecified atom stereocenters. The Bertz CT molecular complexity index is 330. The van der Waals surface area contributed by atoms with Crippen LogP contribution in [0.3, 0.4) is 0 Å². The van der Waals surface area contributed by atoms with Gasteiger partial charge in [-0.1, -0.05) is 0 Å². The molecule has 0 radical (unpaired) electrons. The number of nitrogens with one attached hydrogen (secondary N) is 1. The summed E-state index contributed by atoms with van der Waals surface area (Å²) >= 11 is 3.27. The third kappa shape index (κ3) is 1.96. The molecule has 1 aliphatic heterocycles. The second-order valence-corrected chi connectivity index (χ2v) is 3.76. The van der Waals surface area contributed by atoms with E-state index in [1.165, 1.54) is 0 Å². The van der Waals surface area contributed by atoms with Crippen LogP contribution in [0, 0.1) is 0 Å². The van der Waals surface area contributed by atoms with E-state index in [4.69, 9.17) is 9.47 Å². The van der Waals surface area contributed by atoms with Gasteiger partial charge in [-0.05, 0) is 15.9 Å². The van der Waals surface area contributed by atoms with Crippen LogP contribution in [0.15, 0.2) is 10.7 Å². The normalized spacial score (nSPS) is 16.1. The van der Waals surface area contributed by atoms with E-state index in [9.17, 15) is 0 Å². The fourth-order valence-corrected chi connectivity index (χ4v) is 1.38. The van der Waals surface area contributed by atoms with Crippen molar-refractivity contribution >= 4 is 15.9 Å². The molecule has 6 heteroatoms. The molecule has 0 aliphatic carbocycles. The lowest BCUT2D eigenvalue weighted by atomic mass is 10.2. The van der Waals surface area contributed by atoms with Gasteiger partial charge in [-0.2, -0.15) is 4.98 Å². The predicted molar refractivity (Wildman–Crippen MR) is 53.6 cm³/mol. The average molecular weight is 260 g/mol. The highest BCUT2D eigenvalue weighted by Gasteiger charge is 2.20. The zero-order valence-electron chi connectivity index (χ0n) is 7.66. The van der Waals surface area contributed by atoms with Crippen LogP contribution in [-0.4, -0.2) is 36.3 Å². The zero-order valence-corrected chi connectivity index (χ0v) is 9.24. The summed E-state index contributed by atoms with van der Waals surface area (Å²) in [5.74, 6) is 0.488. The maximum atomic E-state index is 5.46. The summed E-state index contributed by atoms with van der Waals surface area (Å²) in [4.78, 5) is 8.10. The summed E-state index contributed by atoms with van der Waals surface area (Å²) < 4.78 is 11.2. The van der Waals surface area contributed by atoms with Crippen molar-refractivity contribution in [2.24, 2.45) is 0 Å². The molecule has 5 nitrogen and oxygen atoms in total. The first kappa shape index (κ1) is 9.67. The largest absolute Gasteiger partial charge is 0.480 e. The van der Waals surface area contributed by atoms with Crippen molar-refractivity contribution in [3.63, 3.8) is 0 Å². The molecule has 2 rings (SSSR count). The van der Waals surface area contributed by atoms with Gasteiger partial charge in [0.25, 0.3) is 0 Å². The molecule has 76 valence electrons. The molecule has 1 N–H and O–H groups in total. The third-order valence-corrected chi connectivity index (χ3v) is 2.44. The van der Waals surface area contributed by atoms with E-state index in [0.717, 1.165) is 17.6 Å². The van der Waals surface area contributed by atoms with Crippen molar-refractivity contribution in [2.75, 3.05) is 20.2 Å². The maximum Gasteiger partial charge on any atom is 0.320 e. The molecule has 0 spiro atoms. The smallest absolute Gasteiger partial charge is 0.320 e. The number of methoxy groups -OCH3 is 1. The number of hydrogen-bond donors (Lipinski definition) is 1. The minimum Gasteiger partial charge on any atom is -0.480 e. The zero-order chi connectivity index (χ0) is 9.97. The average Bonchev–Trinajstić information content (AvgIpc) is 2.14. The molecule has 1 aromatic heterocycles. The molecular weight excluding hydrogens is 250 g/mol. The minimum absolute atomic E-state index is 0.181. The van der Waals surface area contributed by atoms with Gasteiger partial charge in [0.05, 0.1) is 17.8 Å². The molecular formula is C8H10BrN3O2. The Morgan fingerprint density at radius 1 is 1.57 bits per heavy atom. The highest BCUT2D eigenvalue weighted by atomic mass is 79.9. The van der Waals surface area contributed by atoms with Gasteiger partial charge < -0.3 is 14.8 Å². The van der Waals surface area contributed by atoms with Gasteiger partial charge in [-0.3, -0.25) is 0 Å². The first-order chi connectivity index (χ1) is 6.79. The molecule has 0 bridgehead atoms. The third-order valence-electron chi connectivity index (χ3n) is 1.90. The van der Waals surface area contributed by atoms with Crippen molar-refractivity contribution in [3.8, 4) is 11.9 Å². The molecule has 1 saturated heterocycles. The lowest BCUT2D eigenvalue weighted by Crippen LogP contribution is -2.50. The second-order valence-electron chi connectivity index (χ2n) is 2.91. The van der Waals surface area contributed by atoms with E-state index in [-0.39, 0.29) is 6.10 Å². The van der Waals surface area contributed by atoms with Gasteiger partial charge in [0.2, 0.25) is 5.88 Å². The standard InChI is InChI=1S/C8H10BrN3O2/c1-13-7-6(9)4-11-8(12-7)14-5-2-10-3-5/h4-5,10H,2-3H2,1H3. The Balaban J connectivity index is 2.09. The molecule has 0 aromatic carbocycles. The first-order valence-corrected chi connectivity index (χ1v) is 5.03. The summed E-state index contributed by atoms with van der Waals surface area (Å²) in [5.41, 5.74) is 0. The quantitative estimate of drug-likeness (QED) is 0.862. The number of aromatic nitrogens is 2. The molecule has 1 aromatic rings. The van der Waals surface area contributed by atoms with Gasteiger partial charge >= 0.3 is 6.01 Å². The van der Waals surface area contributed by atoms with Gasteiger partial charge in [0.15, 0.2) is 0 Å². The Morgan fingerprint density at radius 3 is 2.93 bits per heavy atom.